The Morgan fingerprint density at radius 1 is 1.10 bits per heavy atom. The van der Waals surface area contributed by atoms with Crippen LogP contribution in [0.4, 0.5) is 10.5 Å². The number of carbonyl (C=O) groups is 1. The van der Waals surface area contributed by atoms with E-state index in [1.807, 2.05) is 12.1 Å². The van der Waals surface area contributed by atoms with Gasteiger partial charge in [0, 0.05) is 32.2 Å². The molecule has 3 aliphatic heterocycles. The fourth-order valence-electron chi connectivity index (χ4n) is 5.70. The lowest BCUT2D eigenvalue weighted by Gasteiger charge is -2.51. The number of benzene rings is 1. The number of urea groups is 1. The Labute approximate surface area is 172 Å². The van der Waals surface area contributed by atoms with Crippen molar-refractivity contribution < 1.29 is 14.3 Å². The highest BCUT2D eigenvalue weighted by Gasteiger charge is 2.52. The summed E-state index contributed by atoms with van der Waals surface area (Å²) in [6, 6.07) is 6.68. The van der Waals surface area contributed by atoms with Crippen LogP contribution in [0.1, 0.15) is 39.0 Å². The molecule has 1 unspecified atom stereocenters. The molecule has 2 amide bonds. The van der Waals surface area contributed by atoms with E-state index >= 15 is 0 Å². The lowest BCUT2D eigenvalue weighted by atomic mass is 9.99. The van der Waals surface area contributed by atoms with Gasteiger partial charge in [0.25, 0.3) is 0 Å². The van der Waals surface area contributed by atoms with E-state index in [4.69, 9.17) is 9.47 Å². The maximum Gasteiger partial charge on any atom is 0.319 e. The fraction of sp³-hybridized carbons (Fsp3) is 0.682. The van der Waals surface area contributed by atoms with Crippen molar-refractivity contribution in [3.63, 3.8) is 0 Å². The minimum absolute atomic E-state index is 0.129. The van der Waals surface area contributed by atoms with Crippen LogP contribution in [-0.2, 0) is 0 Å². The van der Waals surface area contributed by atoms with Crippen LogP contribution in [0.2, 0.25) is 0 Å². The molecule has 0 bridgehead atoms. The molecule has 7 heteroatoms. The summed E-state index contributed by atoms with van der Waals surface area (Å²) in [4.78, 5) is 19.9. The molecule has 29 heavy (non-hydrogen) atoms. The summed E-state index contributed by atoms with van der Waals surface area (Å²) >= 11 is 0. The van der Waals surface area contributed by atoms with Crippen LogP contribution < -0.4 is 19.7 Å². The Bertz CT molecular complexity index is 758. The normalized spacial score (nSPS) is 28.1. The average Bonchev–Trinajstić information content (AvgIpc) is 3.41. The number of para-hydroxylation sites is 1. The van der Waals surface area contributed by atoms with Gasteiger partial charge in [0.05, 0.1) is 12.2 Å². The molecule has 0 aromatic heterocycles. The largest absolute Gasteiger partial charge is 0.486 e. The van der Waals surface area contributed by atoms with E-state index in [0.717, 1.165) is 69.2 Å². The molecule has 0 spiro atoms. The zero-order chi connectivity index (χ0) is 19.8. The number of ether oxygens (including phenoxy) is 2. The van der Waals surface area contributed by atoms with Gasteiger partial charge in [0.1, 0.15) is 18.9 Å². The predicted molar refractivity (Wildman–Crippen MR) is 112 cm³/mol. The molecule has 3 fully saturated rings. The number of carbonyl (C=O) groups excluding carboxylic acids is 1. The third-order valence-corrected chi connectivity index (χ3v) is 7.20. The second kappa shape index (κ2) is 7.59. The smallest absolute Gasteiger partial charge is 0.319 e. The summed E-state index contributed by atoms with van der Waals surface area (Å²) in [6.45, 7) is 7.91. The van der Waals surface area contributed by atoms with E-state index in [1.165, 1.54) is 12.8 Å². The lowest BCUT2D eigenvalue weighted by molar-refractivity contribution is -0.0313. The summed E-state index contributed by atoms with van der Waals surface area (Å²) < 4.78 is 11.7. The van der Waals surface area contributed by atoms with E-state index in [1.54, 1.807) is 0 Å². The van der Waals surface area contributed by atoms with Crippen molar-refractivity contribution in [2.75, 3.05) is 50.8 Å². The summed E-state index contributed by atoms with van der Waals surface area (Å²) in [7, 11) is 0. The molecule has 5 rings (SSSR count). The molecule has 0 radical (unpaired) electrons. The standard InChI is InChI=1S/C22H32N4O3/c1-2-22(16-23-21(27)26(22)17-6-3-4-7-17)25-12-10-24(11-13-25)18-8-5-9-19-20(18)29-15-14-28-19/h5,8-9,17H,2-4,6-7,10-16H2,1H3,(H,23,27). The highest BCUT2D eigenvalue weighted by Crippen LogP contribution is 2.41. The van der Waals surface area contributed by atoms with Gasteiger partial charge in [-0.3, -0.25) is 4.90 Å². The van der Waals surface area contributed by atoms with Gasteiger partial charge in [0.2, 0.25) is 0 Å². The SMILES string of the molecule is CCC1(N2CCN(c3cccc4c3OCCO4)CC2)CNC(=O)N1C1CCCC1. The van der Waals surface area contributed by atoms with Crippen molar-refractivity contribution in [1.82, 2.24) is 15.1 Å². The van der Waals surface area contributed by atoms with E-state index in [-0.39, 0.29) is 11.7 Å². The summed E-state index contributed by atoms with van der Waals surface area (Å²) in [5.74, 6) is 1.72. The van der Waals surface area contributed by atoms with E-state index in [2.05, 4.69) is 33.0 Å². The molecule has 1 aromatic carbocycles. The highest BCUT2D eigenvalue weighted by atomic mass is 16.6. The zero-order valence-corrected chi connectivity index (χ0v) is 17.4. The summed E-state index contributed by atoms with van der Waals surface area (Å²) in [5, 5.41) is 3.16. The fourth-order valence-corrected chi connectivity index (χ4v) is 5.70. The van der Waals surface area contributed by atoms with Gasteiger partial charge in [-0.05, 0) is 31.4 Å². The Morgan fingerprint density at radius 2 is 1.86 bits per heavy atom. The first kappa shape index (κ1) is 18.9. The number of fused-ring (bicyclic) bond motifs is 1. The van der Waals surface area contributed by atoms with E-state index < -0.39 is 0 Å². The zero-order valence-electron chi connectivity index (χ0n) is 17.4. The second-order valence-corrected chi connectivity index (χ2v) is 8.58. The van der Waals surface area contributed by atoms with Crippen LogP contribution in [0.15, 0.2) is 18.2 Å². The topological polar surface area (TPSA) is 57.3 Å². The highest BCUT2D eigenvalue weighted by molar-refractivity contribution is 5.78. The van der Waals surface area contributed by atoms with Gasteiger partial charge in [-0.25, -0.2) is 4.79 Å². The number of amides is 2. The quantitative estimate of drug-likeness (QED) is 0.842. The number of anilines is 1. The van der Waals surface area contributed by atoms with Crippen molar-refractivity contribution in [3.05, 3.63) is 18.2 Å². The number of nitrogens with one attached hydrogen (secondary N) is 1. The Kier molecular flexibility index (Phi) is 4.94. The van der Waals surface area contributed by atoms with E-state index in [0.29, 0.717) is 19.3 Å². The van der Waals surface area contributed by atoms with Crippen molar-refractivity contribution >= 4 is 11.7 Å². The van der Waals surface area contributed by atoms with Crippen LogP contribution in [0.5, 0.6) is 11.5 Å². The molecule has 7 nitrogen and oxygen atoms in total. The van der Waals surface area contributed by atoms with Crippen molar-refractivity contribution in [3.8, 4) is 11.5 Å². The van der Waals surface area contributed by atoms with Crippen LogP contribution in [-0.4, -0.2) is 73.5 Å². The van der Waals surface area contributed by atoms with Gasteiger partial charge in [-0.2, -0.15) is 0 Å². The molecule has 2 saturated heterocycles. The first-order valence-electron chi connectivity index (χ1n) is 11.2. The monoisotopic (exact) mass is 400 g/mol. The maximum atomic E-state index is 12.8. The summed E-state index contributed by atoms with van der Waals surface area (Å²) in [6.07, 6.45) is 5.72. The Hall–Kier alpha value is -2.15. The Balaban J connectivity index is 1.34. The van der Waals surface area contributed by atoms with Gasteiger partial charge in [0.15, 0.2) is 11.5 Å². The van der Waals surface area contributed by atoms with Gasteiger partial charge < -0.3 is 24.6 Å². The molecular formula is C22H32N4O3. The Morgan fingerprint density at radius 3 is 2.62 bits per heavy atom. The van der Waals surface area contributed by atoms with Crippen molar-refractivity contribution in [2.24, 2.45) is 0 Å². The van der Waals surface area contributed by atoms with Crippen LogP contribution in [0, 0.1) is 0 Å². The summed E-state index contributed by atoms with van der Waals surface area (Å²) in [5.41, 5.74) is 0.939. The number of piperazine rings is 1. The van der Waals surface area contributed by atoms with Crippen LogP contribution in [0.25, 0.3) is 0 Å². The molecule has 1 saturated carbocycles. The second-order valence-electron chi connectivity index (χ2n) is 8.58. The predicted octanol–water partition coefficient (Wildman–Crippen LogP) is 2.65. The molecule has 1 N–H and O–H groups in total. The molecule has 1 aliphatic carbocycles. The molecule has 158 valence electrons. The number of hydrogen-bond acceptors (Lipinski definition) is 5. The number of hydrogen-bond donors (Lipinski definition) is 1. The van der Waals surface area contributed by atoms with Crippen molar-refractivity contribution in [1.29, 1.82) is 0 Å². The van der Waals surface area contributed by atoms with Crippen LogP contribution >= 0.6 is 0 Å². The van der Waals surface area contributed by atoms with Gasteiger partial charge in [-0.15, -0.1) is 0 Å². The van der Waals surface area contributed by atoms with Crippen molar-refractivity contribution in [2.45, 2.75) is 50.7 Å². The third-order valence-electron chi connectivity index (χ3n) is 7.20. The third kappa shape index (κ3) is 3.10. The van der Waals surface area contributed by atoms with Gasteiger partial charge in [-0.1, -0.05) is 25.8 Å². The number of rotatable bonds is 4. The minimum Gasteiger partial charge on any atom is -0.486 e. The average molecular weight is 401 g/mol. The lowest BCUT2D eigenvalue weighted by Crippen LogP contribution is -2.66. The van der Waals surface area contributed by atoms with Gasteiger partial charge >= 0.3 is 6.03 Å². The molecule has 1 atom stereocenters. The minimum atomic E-state index is -0.187. The first-order valence-corrected chi connectivity index (χ1v) is 11.2. The van der Waals surface area contributed by atoms with E-state index in [9.17, 15) is 4.79 Å². The molecular weight excluding hydrogens is 368 g/mol. The molecule has 3 heterocycles. The van der Waals surface area contributed by atoms with Crippen LogP contribution in [0.3, 0.4) is 0 Å². The molecule has 4 aliphatic rings. The first-order chi connectivity index (χ1) is 14.2. The molecule has 1 aromatic rings. The number of nitrogens with zero attached hydrogens (tertiary/aromatic N) is 3. The maximum absolute atomic E-state index is 12.8.